The summed E-state index contributed by atoms with van der Waals surface area (Å²) >= 11 is 0. The molecule has 0 atom stereocenters. The van der Waals surface area contributed by atoms with Crippen LogP contribution in [0.3, 0.4) is 0 Å². The number of carbonyl (C=O) groups excluding carboxylic acids is 1. The summed E-state index contributed by atoms with van der Waals surface area (Å²) < 4.78 is 35.6. The molecule has 2 N–H and O–H groups in total. The molecular weight excluding hydrogens is 269 g/mol. The fraction of sp³-hybridized carbons (Fsp3) is 0.500. The summed E-state index contributed by atoms with van der Waals surface area (Å²) in [4.78, 5) is 11.1. The molecule has 20 heavy (non-hydrogen) atoms. The van der Waals surface area contributed by atoms with Gasteiger partial charge in [0.1, 0.15) is 6.54 Å². The molecule has 0 aliphatic rings. The predicted octanol–water partition coefficient (Wildman–Crippen LogP) is 2.58. The highest BCUT2D eigenvalue weighted by Gasteiger charge is 2.27. The lowest BCUT2D eigenvalue weighted by Crippen LogP contribution is -2.39. The number of nitrogens with one attached hydrogen (secondary N) is 2. The van der Waals surface area contributed by atoms with Gasteiger partial charge in [-0.25, -0.2) is 0 Å². The molecule has 0 aliphatic heterocycles. The molecule has 0 unspecified atom stereocenters. The van der Waals surface area contributed by atoms with Crippen molar-refractivity contribution in [2.75, 3.05) is 13.1 Å². The minimum Gasteiger partial charge on any atom is -0.346 e. The number of hydrogen-bond donors (Lipinski definition) is 2. The van der Waals surface area contributed by atoms with E-state index in [-0.39, 0.29) is 6.54 Å². The summed E-state index contributed by atoms with van der Waals surface area (Å²) in [6.45, 7) is 3.20. The van der Waals surface area contributed by atoms with E-state index in [0.717, 1.165) is 5.56 Å². The second kappa shape index (κ2) is 7.28. The third-order valence-corrected chi connectivity index (χ3v) is 2.75. The maximum atomic E-state index is 11.9. The molecule has 1 rings (SSSR count). The highest BCUT2D eigenvalue weighted by atomic mass is 19.4. The first-order valence-electron chi connectivity index (χ1n) is 6.41. The molecule has 0 aromatic heterocycles. The largest absolute Gasteiger partial charge is 0.405 e. The second-order valence-electron chi connectivity index (χ2n) is 4.89. The molecule has 0 heterocycles. The van der Waals surface area contributed by atoms with E-state index in [9.17, 15) is 18.0 Å². The molecular formula is C14H19F3N2O. The Labute approximate surface area is 116 Å². The van der Waals surface area contributed by atoms with Crippen molar-refractivity contribution < 1.29 is 18.0 Å². The van der Waals surface area contributed by atoms with Gasteiger partial charge in [-0.2, -0.15) is 13.2 Å². The van der Waals surface area contributed by atoms with Crippen LogP contribution in [0.1, 0.15) is 30.9 Å². The second-order valence-corrected chi connectivity index (χ2v) is 4.89. The lowest BCUT2D eigenvalue weighted by Gasteiger charge is -2.10. The smallest absolute Gasteiger partial charge is 0.346 e. The normalized spacial score (nSPS) is 11.7. The number of carbonyl (C=O) groups is 1. The molecule has 112 valence electrons. The minimum atomic E-state index is -4.37. The molecule has 0 saturated carbocycles. The minimum absolute atomic E-state index is 0.137. The standard InChI is InChI=1S/C14H19F3N2O/c1-10(2)12-5-3-11(4-6-12)7-18-8-13(20)19-9-14(15,16)17/h3-6,10,18H,7-9H2,1-2H3,(H,19,20). The van der Waals surface area contributed by atoms with E-state index in [4.69, 9.17) is 0 Å². The third kappa shape index (κ3) is 6.56. The van der Waals surface area contributed by atoms with Gasteiger partial charge in [-0.15, -0.1) is 0 Å². The summed E-state index contributed by atoms with van der Waals surface area (Å²) in [5.74, 6) is -0.216. The SMILES string of the molecule is CC(C)c1ccc(CNCC(=O)NCC(F)(F)F)cc1. The fourth-order valence-corrected chi connectivity index (χ4v) is 1.60. The van der Waals surface area contributed by atoms with E-state index in [1.807, 2.05) is 24.3 Å². The number of benzene rings is 1. The van der Waals surface area contributed by atoms with Crippen molar-refractivity contribution >= 4 is 5.91 Å². The number of alkyl halides is 3. The van der Waals surface area contributed by atoms with Gasteiger partial charge in [0.25, 0.3) is 0 Å². The highest BCUT2D eigenvalue weighted by Crippen LogP contribution is 2.14. The van der Waals surface area contributed by atoms with E-state index in [1.165, 1.54) is 5.56 Å². The van der Waals surface area contributed by atoms with Crippen LogP contribution in [-0.2, 0) is 11.3 Å². The van der Waals surface area contributed by atoms with E-state index >= 15 is 0 Å². The maximum Gasteiger partial charge on any atom is 0.405 e. The summed E-state index contributed by atoms with van der Waals surface area (Å²) in [7, 11) is 0. The van der Waals surface area contributed by atoms with Crippen molar-refractivity contribution in [1.29, 1.82) is 0 Å². The topological polar surface area (TPSA) is 41.1 Å². The van der Waals surface area contributed by atoms with E-state index in [1.54, 1.807) is 5.32 Å². The predicted molar refractivity (Wildman–Crippen MR) is 71.3 cm³/mol. The Balaban J connectivity index is 2.28. The van der Waals surface area contributed by atoms with Gasteiger partial charge in [0.15, 0.2) is 0 Å². The Morgan fingerprint density at radius 1 is 1.20 bits per heavy atom. The van der Waals surface area contributed by atoms with Gasteiger partial charge in [0.2, 0.25) is 5.91 Å². The fourth-order valence-electron chi connectivity index (χ4n) is 1.60. The number of hydrogen-bond acceptors (Lipinski definition) is 2. The van der Waals surface area contributed by atoms with Crippen LogP contribution in [0, 0.1) is 0 Å². The van der Waals surface area contributed by atoms with Gasteiger partial charge in [-0.3, -0.25) is 4.79 Å². The van der Waals surface area contributed by atoms with Gasteiger partial charge in [-0.1, -0.05) is 38.1 Å². The summed E-state index contributed by atoms with van der Waals surface area (Å²) in [6.07, 6.45) is -4.37. The Morgan fingerprint density at radius 3 is 2.30 bits per heavy atom. The lowest BCUT2D eigenvalue weighted by molar-refractivity contribution is -0.137. The Kier molecular flexibility index (Phi) is 6.01. The van der Waals surface area contributed by atoms with Crippen LogP contribution >= 0.6 is 0 Å². The summed E-state index contributed by atoms with van der Waals surface area (Å²) in [5.41, 5.74) is 2.20. The first kappa shape index (κ1) is 16.5. The molecule has 0 radical (unpaired) electrons. The van der Waals surface area contributed by atoms with Crippen molar-refractivity contribution in [2.24, 2.45) is 0 Å². The first-order chi connectivity index (χ1) is 9.28. The van der Waals surface area contributed by atoms with Crippen LogP contribution in [-0.4, -0.2) is 25.2 Å². The zero-order valence-corrected chi connectivity index (χ0v) is 11.6. The van der Waals surface area contributed by atoms with Crippen LogP contribution < -0.4 is 10.6 Å². The first-order valence-corrected chi connectivity index (χ1v) is 6.41. The van der Waals surface area contributed by atoms with Crippen LogP contribution in [0.15, 0.2) is 24.3 Å². The van der Waals surface area contributed by atoms with Crippen LogP contribution in [0.5, 0.6) is 0 Å². The van der Waals surface area contributed by atoms with Crippen molar-refractivity contribution in [1.82, 2.24) is 10.6 Å². The Bertz CT molecular complexity index is 427. The molecule has 0 aliphatic carbocycles. The molecule has 0 fully saturated rings. The molecule has 0 saturated heterocycles. The highest BCUT2D eigenvalue weighted by molar-refractivity contribution is 5.78. The van der Waals surface area contributed by atoms with E-state index in [0.29, 0.717) is 12.5 Å². The number of amides is 1. The number of halogens is 3. The zero-order valence-electron chi connectivity index (χ0n) is 11.6. The van der Waals surface area contributed by atoms with Gasteiger partial charge < -0.3 is 10.6 Å². The molecule has 6 heteroatoms. The van der Waals surface area contributed by atoms with Crippen molar-refractivity contribution in [2.45, 2.75) is 32.5 Å². The van der Waals surface area contributed by atoms with Gasteiger partial charge in [0, 0.05) is 6.54 Å². The molecule has 0 bridgehead atoms. The van der Waals surface area contributed by atoms with Crippen molar-refractivity contribution in [3.63, 3.8) is 0 Å². The van der Waals surface area contributed by atoms with Crippen LogP contribution in [0.4, 0.5) is 13.2 Å². The molecule has 1 amide bonds. The summed E-state index contributed by atoms with van der Waals surface area (Å²) in [5, 5.41) is 4.61. The quantitative estimate of drug-likeness (QED) is 0.844. The average Bonchev–Trinajstić information content (AvgIpc) is 2.36. The Morgan fingerprint density at radius 2 is 1.80 bits per heavy atom. The zero-order chi connectivity index (χ0) is 15.2. The van der Waals surface area contributed by atoms with E-state index in [2.05, 4.69) is 19.2 Å². The summed E-state index contributed by atoms with van der Waals surface area (Å²) in [6, 6.07) is 7.89. The average molecular weight is 288 g/mol. The van der Waals surface area contributed by atoms with E-state index < -0.39 is 18.6 Å². The Hall–Kier alpha value is -1.56. The molecule has 1 aromatic carbocycles. The lowest BCUT2D eigenvalue weighted by atomic mass is 10.0. The molecule has 3 nitrogen and oxygen atoms in total. The van der Waals surface area contributed by atoms with Gasteiger partial charge in [0.05, 0.1) is 6.54 Å². The van der Waals surface area contributed by atoms with Gasteiger partial charge in [-0.05, 0) is 17.0 Å². The van der Waals surface area contributed by atoms with Crippen LogP contribution in [0.25, 0.3) is 0 Å². The number of rotatable bonds is 6. The molecule has 0 spiro atoms. The van der Waals surface area contributed by atoms with Crippen molar-refractivity contribution in [3.8, 4) is 0 Å². The molecule has 1 aromatic rings. The monoisotopic (exact) mass is 288 g/mol. The van der Waals surface area contributed by atoms with Crippen molar-refractivity contribution in [3.05, 3.63) is 35.4 Å². The third-order valence-electron chi connectivity index (χ3n) is 2.75. The van der Waals surface area contributed by atoms with Crippen LogP contribution in [0.2, 0.25) is 0 Å². The maximum absolute atomic E-state index is 11.9. The van der Waals surface area contributed by atoms with Gasteiger partial charge >= 0.3 is 6.18 Å².